The molecular weight excluding hydrogens is 579 g/mol. The van der Waals surface area contributed by atoms with Crippen LogP contribution in [0, 0.1) is 22.7 Å². The summed E-state index contributed by atoms with van der Waals surface area (Å²) < 4.78 is 55.0. The molecule has 44 heavy (non-hydrogen) atoms. The Bertz CT molecular complexity index is 1710. The number of hydrogen-bond acceptors (Lipinski definition) is 8. The van der Waals surface area contributed by atoms with Crippen LogP contribution in [0.5, 0.6) is 0 Å². The monoisotopic (exact) mass is 613 g/mol. The number of fused-ring (bicyclic) bond motifs is 2. The molecule has 1 aromatic carbocycles. The molecule has 1 saturated heterocycles. The molecule has 0 radical (unpaired) electrons. The Hall–Kier alpha value is -4.15. The molecule has 0 saturated carbocycles. The number of nitrogens with zero attached hydrogens (tertiary/aromatic N) is 3. The van der Waals surface area contributed by atoms with Gasteiger partial charge in [-0.1, -0.05) is 33.8 Å². The second kappa shape index (κ2) is 11.1. The zero-order valence-corrected chi connectivity index (χ0v) is 24.8. The van der Waals surface area contributed by atoms with Crippen LogP contribution >= 0.6 is 0 Å². The summed E-state index contributed by atoms with van der Waals surface area (Å²) in [6.07, 6.45) is -0.734. The number of hydrogen-bond donors (Lipinski definition) is 3. The van der Waals surface area contributed by atoms with Gasteiger partial charge in [-0.25, -0.2) is 4.79 Å². The Morgan fingerprint density at radius 2 is 2.11 bits per heavy atom. The Morgan fingerprint density at radius 3 is 2.75 bits per heavy atom. The smallest absolute Gasteiger partial charge is 0.421 e. The summed E-state index contributed by atoms with van der Waals surface area (Å²) in [5.74, 6) is -0.182. The molecular formula is C31H34F3N5O5. The summed E-state index contributed by atoms with van der Waals surface area (Å²) in [5.41, 5.74) is -5.13. The van der Waals surface area contributed by atoms with Crippen LogP contribution in [-0.4, -0.2) is 51.3 Å². The quantitative estimate of drug-likeness (QED) is 0.251. The van der Waals surface area contributed by atoms with Crippen molar-refractivity contribution in [3.8, 4) is 6.07 Å². The zero-order chi connectivity index (χ0) is 32.1. The third-order valence-corrected chi connectivity index (χ3v) is 8.47. The highest BCUT2D eigenvalue weighted by Gasteiger charge is 2.66. The van der Waals surface area contributed by atoms with Crippen LogP contribution in [0.15, 0.2) is 47.4 Å². The maximum absolute atomic E-state index is 14.1. The number of aromatic amines is 1. The molecule has 5 rings (SSSR count). The van der Waals surface area contributed by atoms with Gasteiger partial charge in [-0.3, -0.25) is 9.48 Å². The lowest BCUT2D eigenvalue weighted by molar-refractivity contribution is -0.299. The Balaban J connectivity index is 1.52. The van der Waals surface area contributed by atoms with Crippen molar-refractivity contribution in [2.75, 3.05) is 18.5 Å². The van der Waals surface area contributed by atoms with Crippen molar-refractivity contribution < 1.29 is 32.5 Å². The van der Waals surface area contributed by atoms with E-state index in [-0.39, 0.29) is 48.7 Å². The van der Waals surface area contributed by atoms with E-state index in [9.17, 15) is 33.1 Å². The summed E-state index contributed by atoms with van der Waals surface area (Å²) in [4.78, 5) is 28.3. The van der Waals surface area contributed by atoms with Crippen LogP contribution < -0.4 is 10.9 Å². The predicted octanol–water partition coefficient (Wildman–Crippen LogP) is 4.95. The second-order valence-corrected chi connectivity index (χ2v) is 12.5. The number of carbonyl (C=O) groups is 1. The summed E-state index contributed by atoms with van der Waals surface area (Å²) >= 11 is 0. The highest BCUT2D eigenvalue weighted by molar-refractivity contribution is 5.91. The lowest BCUT2D eigenvalue weighted by Gasteiger charge is -2.38. The Kier molecular flexibility index (Phi) is 7.88. The first kappa shape index (κ1) is 31.3. The fourth-order valence-corrected chi connectivity index (χ4v) is 6.19. The van der Waals surface area contributed by atoms with Crippen LogP contribution in [0.2, 0.25) is 0 Å². The number of aromatic nitrogens is 3. The lowest BCUT2D eigenvalue weighted by Crippen LogP contribution is -2.50. The van der Waals surface area contributed by atoms with Crippen molar-refractivity contribution in [2.24, 2.45) is 11.3 Å². The Labute approximate surface area is 251 Å². The lowest BCUT2D eigenvalue weighted by atomic mass is 9.75. The summed E-state index contributed by atoms with van der Waals surface area (Å²) in [6.45, 7) is 6.81. The van der Waals surface area contributed by atoms with Crippen molar-refractivity contribution in [2.45, 2.75) is 70.4 Å². The van der Waals surface area contributed by atoms with Gasteiger partial charge in [0.25, 0.3) is 5.56 Å². The molecule has 1 aliphatic heterocycles. The van der Waals surface area contributed by atoms with Crippen molar-refractivity contribution in [3.63, 3.8) is 0 Å². The van der Waals surface area contributed by atoms with Crippen molar-refractivity contribution in [3.05, 3.63) is 64.1 Å². The van der Waals surface area contributed by atoms with Gasteiger partial charge in [0.15, 0.2) is 17.5 Å². The van der Waals surface area contributed by atoms with Gasteiger partial charge in [-0.2, -0.15) is 23.5 Å². The first-order chi connectivity index (χ1) is 20.6. The minimum atomic E-state index is -4.88. The third-order valence-electron chi connectivity index (χ3n) is 8.47. The number of carbonyl (C=O) groups excluding carboxylic acids is 1. The number of nitriles is 1. The molecule has 3 unspecified atom stereocenters. The number of halogens is 3. The number of H-pyrrole nitrogens is 1. The van der Waals surface area contributed by atoms with Gasteiger partial charge in [0, 0.05) is 23.4 Å². The van der Waals surface area contributed by atoms with E-state index in [1.54, 1.807) is 16.8 Å². The van der Waals surface area contributed by atoms with Crippen LogP contribution in [0.1, 0.15) is 51.7 Å². The average Bonchev–Trinajstić information content (AvgIpc) is 3.43. The highest BCUT2D eigenvalue weighted by atomic mass is 19.4. The van der Waals surface area contributed by atoms with Crippen LogP contribution in [-0.2, 0) is 31.8 Å². The first-order valence-electron chi connectivity index (χ1n) is 14.3. The van der Waals surface area contributed by atoms with E-state index in [0.717, 1.165) is 0 Å². The number of aliphatic hydroxyl groups is 1. The topological polar surface area (TPSA) is 142 Å². The molecule has 234 valence electrons. The van der Waals surface area contributed by atoms with Crippen LogP contribution in [0.25, 0.3) is 10.9 Å². The van der Waals surface area contributed by atoms with Crippen molar-refractivity contribution in [1.82, 2.24) is 14.8 Å². The minimum absolute atomic E-state index is 0.0240. The molecule has 13 heteroatoms. The number of alkyl halides is 3. The number of benzene rings is 1. The molecule has 1 aliphatic carbocycles. The van der Waals surface area contributed by atoms with Gasteiger partial charge < -0.3 is 24.9 Å². The van der Waals surface area contributed by atoms with E-state index in [2.05, 4.69) is 10.3 Å². The van der Waals surface area contributed by atoms with E-state index in [0.29, 0.717) is 23.2 Å². The number of anilines is 2. The van der Waals surface area contributed by atoms with Gasteiger partial charge in [0.1, 0.15) is 10.9 Å². The fourth-order valence-electron chi connectivity index (χ4n) is 6.19. The van der Waals surface area contributed by atoms with E-state index in [1.807, 2.05) is 19.9 Å². The molecule has 3 N–H and O–H groups in total. The number of ether oxygens (including phenoxy) is 2. The highest BCUT2D eigenvalue weighted by Crippen LogP contribution is 2.58. The van der Waals surface area contributed by atoms with E-state index in [1.165, 1.54) is 44.3 Å². The Morgan fingerprint density at radius 1 is 1.36 bits per heavy atom. The van der Waals surface area contributed by atoms with Gasteiger partial charge in [0.2, 0.25) is 0 Å². The predicted molar refractivity (Wildman–Crippen MR) is 155 cm³/mol. The van der Waals surface area contributed by atoms with Crippen molar-refractivity contribution >= 4 is 28.4 Å². The number of nitrogens with one attached hydrogen (secondary N) is 2. The SMILES string of the molecule is CC(C)COC(=O)C1CCC(/C=C/C#N)(n2nc(Nc3ccc4c(c3)CC(C)(C)C4(O)C(F)(F)F)c3c(=O)[nH]ccc32)CO1. The molecule has 0 bridgehead atoms. The van der Waals surface area contributed by atoms with Crippen LogP contribution in [0.4, 0.5) is 24.7 Å². The van der Waals surface area contributed by atoms with Gasteiger partial charge in [0.05, 0.1) is 24.8 Å². The van der Waals surface area contributed by atoms with Gasteiger partial charge >= 0.3 is 12.1 Å². The maximum atomic E-state index is 14.1. The third kappa shape index (κ3) is 5.16. The van der Waals surface area contributed by atoms with Crippen molar-refractivity contribution in [1.29, 1.82) is 5.26 Å². The molecule has 3 aromatic rings. The maximum Gasteiger partial charge on any atom is 0.421 e. The van der Waals surface area contributed by atoms with Gasteiger partial charge in [-0.05, 0) is 60.6 Å². The molecule has 3 heterocycles. The average molecular weight is 614 g/mol. The standard InChI is InChI=1S/C31H34F3N5O5/c1-18(2)16-43-27(41)23-8-11-29(17-44-23,10-5-12-35)39-22-9-13-36-26(40)24(22)25(38-39)37-20-6-7-21-19(14-20)15-28(3,4)30(21,42)31(32,33)34/h5-7,9-10,13-14,18,23,42H,8,11,15-17H2,1-4H3,(H,36,40)(H,37,38)/b10-5+. The molecule has 2 aromatic heterocycles. The number of allylic oxidation sites excluding steroid dienone is 1. The second-order valence-electron chi connectivity index (χ2n) is 12.5. The molecule has 1 fully saturated rings. The van der Waals surface area contributed by atoms with E-state index < -0.39 is 40.4 Å². The van der Waals surface area contributed by atoms with Crippen LogP contribution in [0.3, 0.4) is 0 Å². The van der Waals surface area contributed by atoms with E-state index >= 15 is 0 Å². The summed E-state index contributed by atoms with van der Waals surface area (Å²) in [5, 5.41) is 28.2. The number of esters is 1. The molecule has 3 atom stereocenters. The van der Waals surface area contributed by atoms with Gasteiger partial charge in [-0.15, -0.1) is 0 Å². The minimum Gasteiger partial charge on any atom is -0.463 e. The molecule has 10 nitrogen and oxygen atoms in total. The van der Waals surface area contributed by atoms with E-state index in [4.69, 9.17) is 14.6 Å². The normalized spacial score (nSPS) is 24.9. The summed E-state index contributed by atoms with van der Waals surface area (Å²) in [6, 6.07) is 7.79. The molecule has 0 amide bonds. The first-order valence-corrected chi connectivity index (χ1v) is 14.3. The number of pyridine rings is 1. The summed E-state index contributed by atoms with van der Waals surface area (Å²) in [7, 11) is 0. The molecule has 2 aliphatic rings. The largest absolute Gasteiger partial charge is 0.463 e. The number of rotatable bonds is 7. The fraction of sp³-hybridized carbons (Fsp3) is 0.484. The zero-order valence-electron chi connectivity index (χ0n) is 24.8. The molecule has 0 spiro atoms.